The average molecular weight is 113 g/mol. The second kappa shape index (κ2) is 2.42. The number of rotatable bonds is 2. The summed E-state index contributed by atoms with van der Waals surface area (Å²) in [6.45, 7) is 0.358. The number of hydrogen-bond acceptors (Lipinski definition) is 4. The molecule has 1 aromatic heterocycles. The van der Waals surface area contributed by atoms with Crippen molar-refractivity contribution in [3.05, 3.63) is 12.2 Å². The molecular weight excluding hydrogens is 108 g/mol. The van der Waals surface area contributed by atoms with Gasteiger partial charge in [0, 0.05) is 7.11 Å². The van der Waals surface area contributed by atoms with Gasteiger partial charge in [-0.15, -0.1) is 0 Å². The van der Waals surface area contributed by atoms with E-state index in [9.17, 15) is 0 Å². The molecule has 8 heavy (non-hydrogen) atoms. The van der Waals surface area contributed by atoms with E-state index >= 15 is 0 Å². The molecular formula is C4H5N2O2. The first-order valence-corrected chi connectivity index (χ1v) is 2.11. The summed E-state index contributed by atoms with van der Waals surface area (Å²) in [5.41, 5.74) is 0. The molecule has 0 aliphatic rings. The normalized spacial score (nSPS) is 9.62. The lowest BCUT2D eigenvalue weighted by Gasteiger charge is -1.85. The van der Waals surface area contributed by atoms with Crippen molar-refractivity contribution < 1.29 is 9.26 Å². The summed E-state index contributed by atoms with van der Waals surface area (Å²) < 4.78 is 9.20. The van der Waals surface area contributed by atoms with Crippen molar-refractivity contribution in [3.8, 4) is 0 Å². The average Bonchev–Trinajstić information content (AvgIpc) is 2.19. The van der Waals surface area contributed by atoms with E-state index in [1.54, 1.807) is 7.11 Å². The second-order valence-corrected chi connectivity index (χ2v) is 1.22. The Hall–Kier alpha value is -0.900. The minimum Gasteiger partial charge on any atom is -0.375 e. The van der Waals surface area contributed by atoms with Crippen LogP contribution in [0, 0.1) is 6.33 Å². The minimum absolute atomic E-state index is 0.358. The lowest BCUT2D eigenvalue weighted by molar-refractivity contribution is 0.151. The van der Waals surface area contributed by atoms with Gasteiger partial charge in [-0.05, 0) is 0 Å². The molecule has 4 nitrogen and oxygen atoms in total. The highest BCUT2D eigenvalue weighted by Gasteiger charge is 1.93. The van der Waals surface area contributed by atoms with Crippen molar-refractivity contribution in [2.75, 3.05) is 7.11 Å². The van der Waals surface area contributed by atoms with Crippen molar-refractivity contribution in [3.63, 3.8) is 0 Å². The van der Waals surface area contributed by atoms with Crippen LogP contribution >= 0.6 is 0 Å². The van der Waals surface area contributed by atoms with Crippen molar-refractivity contribution in [1.82, 2.24) is 10.1 Å². The van der Waals surface area contributed by atoms with E-state index in [0.29, 0.717) is 12.5 Å². The maximum absolute atomic E-state index is 4.67. The molecule has 0 aromatic carbocycles. The number of hydrogen-bond donors (Lipinski definition) is 0. The summed E-state index contributed by atoms with van der Waals surface area (Å²) in [6, 6.07) is 0. The molecule has 0 aliphatic carbocycles. The zero-order valence-electron chi connectivity index (χ0n) is 4.42. The third-order valence-corrected chi connectivity index (χ3v) is 0.634. The van der Waals surface area contributed by atoms with Crippen molar-refractivity contribution in [1.29, 1.82) is 0 Å². The molecule has 0 saturated carbocycles. The van der Waals surface area contributed by atoms with Crippen LogP contribution in [0.2, 0.25) is 0 Å². The molecule has 0 N–H and O–H groups in total. The molecule has 43 valence electrons. The van der Waals surface area contributed by atoms with Crippen molar-refractivity contribution in [2.24, 2.45) is 0 Å². The topological polar surface area (TPSA) is 48.2 Å². The summed E-state index contributed by atoms with van der Waals surface area (Å²) in [4.78, 5) is 3.58. The third kappa shape index (κ3) is 1.04. The van der Waals surface area contributed by atoms with Gasteiger partial charge in [-0.3, -0.25) is 0 Å². The fourth-order valence-corrected chi connectivity index (χ4v) is 0.352. The van der Waals surface area contributed by atoms with Gasteiger partial charge in [0.1, 0.15) is 6.61 Å². The maximum atomic E-state index is 4.67. The van der Waals surface area contributed by atoms with Gasteiger partial charge in [-0.2, -0.15) is 4.98 Å². The van der Waals surface area contributed by atoms with Crippen LogP contribution in [-0.4, -0.2) is 17.3 Å². The predicted octanol–water partition coefficient (Wildman–Crippen LogP) is 0.0162. The minimum atomic E-state index is 0.358. The molecule has 0 atom stereocenters. The molecule has 1 heterocycles. The van der Waals surface area contributed by atoms with Crippen molar-refractivity contribution >= 4 is 0 Å². The number of methoxy groups -OCH3 is 1. The molecule has 4 heteroatoms. The largest absolute Gasteiger partial charge is 0.375 e. The van der Waals surface area contributed by atoms with E-state index in [1.165, 1.54) is 0 Å². The van der Waals surface area contributed by atoms with Crippen LogP contribution in [0.5, 0.6) is 0 Å². The highest BCUT2D eigenvalue weighted by atomic mass is 16.5. The van der Waals surface area contributed by atoms with E-state index in [0.717, 1.165) is 0 Å². The summed E-state index contributed by atoms with van der Waals surface area (Å²) in [5.74, 6) is 0.451. The fourth-order valence-electron chi connectivity index (χ4n) is 0.352. The van der Waals surface area contributed by atoms with Crippen LogP contribution in [0.4, 0.5) is 0 Å². The second-order valence-electron chi connectivity index (χ2n) is 1.22. The Morgan fingerprint density at radius 1 is 1.88 bits per heavy atom. The van der Waals surface area contributed by atoms with Gasteiger partial charge in [0.25, 0.3) is 5.89 Å². The molecule has 1 rings (SSSR count). The molecule has 0 fully saturated rings. The Balaban J connectivity index is 2.50. The molecule has 1 aromatic rings. The van der Waals surface area contributed by atoms with Gasteiger partial charge < -0.3 is 9.26 Å². The van der Waals surface area contributed by atoms with E-state index in [4.69, 9.17) is 0 Å². The van der Waals surface area contributed by atoms with Gasteiger partial charge in [-0.25, -0.2) is 0 Å². The van der Waals surface area contributed by atoms with Crippen LogP contribution < -0.4 is 0 Å². The lowest BCUT2D eigenvalue weighted by atomic mass is 10.7. The monoisotopic (exact) mass is 113 g/mol. The smallest absolute Gasteiger partial charge is 0.253 e. The fraction of sp³-hybridized carbons (Fsp3) is 0.500. The summed E-state index contributed by atoms with van der Waals surface area (Å²) in [7, 11) is 1.56. The molecule has 0 spiro atoms. The molecule has 0 unspecified atom stereocenters. The molecule has 0 amide bonds. The maximum Gasteiger partial charge on any atom is 0.253 e. The first-order valence-electron chi connectivity index (χ1n) is 2.11. The SMILES string of the molecule is COCc1n[c]no1. The summed E-state index contributed by atoms with van der Waals surface area (Å²) >= 11 is 0. The Morgan fingerprint density at radius 3 is 3.25 bits per heavy atom. The van der Waals surface area contributed by atoms with E-state index in [1.807, 2.05) is 0 Å². The van der Waals surface area contributed by atoms with Crippen LogP contribution in [0.3, 0.4) is 0 Å². The van der Waals surface area contributed by atoms with Crippen LogP contribution in [0.1, 0.15) is 5.89 Å². The van der Waals surface area contributed by atoms with Crippen molar-refractivity contribution in [2.45, 2.75) is 6.61 Å². The molecule has 1 radical (unpaired) electrons. The lowest BCUT2D eigenvalue weighted by Crippen LogP contribution is -1.84. The van der Waals surface area contributed by atoms with Crippen LogP contribution in [-0.2, 0) is 11.3 Å². The van der Waals surface area contributed by atoms with Gasteiger partial charge in [0.05, 0.1) is 0 Å². The Bertz CT molecular complexity index is 138. The van der Waals surface area contributed by atoms with Gasteiger partial charge in [0.2, 0.25) is 6.33 Å². The molecule has 0 aliphatic heterocycles. The molecule has 0 bridgehead atoms. The van der Waals surface area contributed by atoms with Gasteiger partial charge in [0.15, 0.2) is 0 Å². The van der Waals surface area contributed by atoms with Gasteiger partial charge >= 0.3 is 0 Å². The number of aromatic nitrogens is 2. The molecule has 0 saturated heterocycles. The highest BCUT2D eigenvalue weighted by molar-refractivity contribution is 4.66. The van der Waals surface area contributed by atoms with Gasteiger partial charge in [-0.1, -0.05) is 5.16 Å². The Morgan fingerprint density at radius 2 is 2.75 bits per heavy atom. The van der Waals surface area contributed by atoms with Crippen LogP contribution in [0.25, 0.3) is 0 Å². The first-order chi connectivity index (χ1) is 3.93. The third-order valence-electron chi connectivity index (χ3n) is 0.634. The summed E-state index contributed by atoms with van der Waals surface area (Å²) in [5, 5.41) is 3.25. The zero-order valence-corrected chi connectivity index (χ0v) is 4.42. The standard InChI is InChI=1S/C4H5N2O2/c1-7-2-4-5-3-6-8-4/h2H2,1H3. The Kier molecular flexibility index (Phi) is 1.58. The van der Waals surface area contributed by atoms with E-state index < -0.39 is 0 Å². The zero-order chi connectivity index (χ0) is 5.82. The van der Waals surface area contributed by atoms with E-state index in [-0.39, 0.29) is 0 Å². The number of ether oxygens (including phenoxy) is 1. The quantitative estimate of drug-likeness (QED) is 0.542. The van der Waals surface area contributed by atoms with E-state index in [2.05, 4.69) is 25.7 Å². The Labute approximate surface area is 46.5 Å². The number of nitrogens with zero attached hydrogens (tertiary/aromatic N) is 2. The van der Waals surface area contributed by atoms with Crippen LogP contribution in [0.15, 0.2) is 4.52 Å². The predicted molar refractivity (Wildman–Crippen MR) is 23.8 cm³/mol. The highest BCUT2D eigenvalue weighted by Crippen LogP contribution is 1.89. The first kappa shape index (κ1) is 5.24. The summed E-state index contributed by atoms with van der Waals surface area (Å²) in [6.07, 6.45) is 2.27.